The standard InChI is InChI=1S/C22H11F4N5O/c23-13-1-2-14(24)20-17(13)15(4-6-28-20)31-9-30-19-12(22(27)32)7-10(8-16(19)31)11-3-5-29-21(26)18(11)25/h1-9H,(H2,27,32). The van der Waals surface area contributed by atoms with E-state index in [1.165, 1.54) is 41.4 Å². The van der Waals surface area contributed by atoms with E-state index in [9.17, 15) is 22.4 Å². The van der Waals surface area contributed by atoms with E-state index in [0.29, 0.717) is 0 Å². The molecule has 0 aliphatic heterocycles. The number of imidazole rings is 1. The van der Waals surface area contributed by atoms with Gasteiger partial charge in [-0.3, -0.25) is 14.3 Å². The second kappa shape index (κ2) is 7.12. The average molecular weight is 437 g/mol. The Balaban J connectivity index is 1.87. The van der Waals surface area contributed by atoms with Gasteiger partial charge in [0.05, 0.1) is 22.2 Å². The van der Waals surface area contributed by atoms with Gasteiger partial charge in [0, 0.05) is 18.0 Å². The van der Waals surface area contributed by atoms with Crippen LogP contribution in [0.25, 0.3) is 38.8 Å². The minimum atomic E-state index is -1.31. The predicted octanol–water partition coefficient (Wildman–Crippen LogP) is 4.29. The van der Waals surface area contributed by atoms with Crippen molar-refractivity contribution in [3.8, 4) is 16.8 Å². The van der Waals surface area contributed by atoms with E-state index in [1.807, 2.05) is 0 Å². The highest BCUT2D eigenvalue weighted by Crippen LogP contribution is 2.33. The van der Waals surface area contributed by atoms with E-state index in [4.69, 9.17) is 5.73 Å². The molecule has 10 heteroatoms. The molecule has 0 radical (unpaired) electrons. The summed E-state index contributed by atoms with van der Waals surface area (Å²) in [6, 6.07) is 7.33. The third-order valence-corrected chi connectivity index (χ3v) is 5.10. The number of nitrogens with two attached hydrogens (primary N) is 1. The third-order valence-electron chi connectivity index (χ3n) is 5.10. The van der Waals surface area contributed by atoms with Crippen LogP contribution in [-0.4, -0.2) is 25.4 Å². The molecule has 6 nitrogen and oxygen atoms in total. The molecular formula is C22H11F4N5O. The van der Waals surface area contributed by atoms with Crippen molar-refractivity contribution >= 4 is 27.8 Å². The number of hydrogen-bond acceptors (Lipinski definition) is 4. The third kappa shape index (κ3) is 2.88. The lowest BCUT2D eigenvalue weighted by molar-refractivity contribution is 0.100. The summed E-state index contributed by atoms with van der Waals surface area (Å²) in [5.41, 5.74) is 5.77. The Labute approximate surface area is 177 Å². The predicted molar refractivity (Wildman–Crippen MR) is 108 cm³/mol. The van der Waals surface area contributed by atoms with Gasteiger partial charge in [-0.05, 0) is 42.0 Å². The lowest BCUT2D eigenvalue weighted by Gasteiger charge is -2.11. The molecule has 3 aromatic heterocycles. The normalized spacial score (nSPS) is 11.4. The van der Waals surface area contributed by atoms with Crippen LogP contribution in [0.3, 0.4) is 0 Å². The molecule has 3 heterocycles. The van der Waals surface area contributed by atoms with Gasteiger partial charge < -0.3 is 5.73 Å². The summed E-state index contributed by atoms with van der Waals surface area (Å²) in [6.45, 7) is 0. The average Bonchev–Trinajstić information content (AvgIpc) is 3.21. The topological polar surface area (TPSA) is 86.7 Å². The maximum absolute atomic E-state index is 14.7. The van der Waals surface area contributed by atoms with Crippen molar-refractivity contribution in [2.24, 2.45) is 5.73 Å². The van der Waals surface area contributed by atoms with Crippen LogP contribution < -0.4 is 5.73 Å². The van der Waals surface area contributed by atoms with Crippen molar-refractivity contribution in [2.45, 2.75) is 0 Å². The fraction of sp³-hybridized carbons (Fsp3) is 0. The van der Waals surface area contributed by atoms with E-state index >= 15 is 0 Å². The first-order chi connectivity index (χ1) is 15.4. The van der Waals surface area contributed by atoms with Crippen molar-refractivity contribution in [3.63, 3.8) is 0 Å². The highest BCUT2D eigenvalue weighted by Gasteiger charge is 2.20. The highest BCUT2D eigenvalue weighted by atomic mass is 19.2. The number of fused-ring (bicyclic) bond motifs is 2. The van der Waals surface area contributed by atoms with Gasteiger partial charge in [0.2, 0.25) is 5.95 Å². The van der Waals surface area contributed by atoms with Crippen LogP contribution in [0, 0.1) is 23.4 Å². The van der Waals surface area contributed by atoms with Crippen LogP contribution in [0.5, 0.6) is 0 Å². The summed E-state index contributed by atoms with van der Waals surface area (Å²) >= 11 is 0. The van der Waals surface area contributed by atoms with Crippen molar-refractivity contribution in [1.82, 2.24) is 19.5 Å². The Hall–Kier alpha value is -4.34. The molecule has 0 aliphatic rings. The first kappa shape index (κ1) is 19.6. The number of rotatable bonds is 3. The Morgan fingerprint density at radius 1 is 0.875 bits per heavy atom. The molecule has 0 unspecified atom stereocenters. The Morgan fingerprint density at radius 2 is 1.62 bits per heavy atom. The molecule has 158 valence electrons. The fourth-order valence-electron chi connectivity index (χ4n) is 3.67. The molecule has 0 saturated heterocycles. The van der Waals surface area contributed by atoms with Crippen LogP contribution in [0.4, 0.5) is 17.6 Å². The van der Waals surface area contributed by atoms with Crippen LogP contribution in [0.2, 0.25) is 0 Å². The number of carbonyl (C=O) groups is 1. The van der Waals surface area contributed by atoms with Crippen molar-refractivity contribution in [2.75, 3.05) is 0 Å². The van der Waals surface area contributed by atoms with Gasteiger partial charge in [-0.25, -0.2) is 23.1 Å². The number of primary amides is 1. The molecule has 0 atom stereocenters. The summed E-state index contributed by atoms with van der Waals surface area (Å²) in [5.74, 6) is -4.82. The number of benzene rings is 2. The fourth-order valence-corrected chi connectivity index (χ4v) is 3.67. The molecule has 5 aromatic rings. The lowest BCUT2D eigenvalue weighted by atomic mass is 10.0. The summed E-state index contributed by atoms with van der Waals surface area (Å²) in [4.78, 5) is 23.4. The van der Waals surface area contributed by atoms with Crippen LogP contribution in [-0.2, 0) is 0 Å². The zero-order valence-corrected chi connectivity index (χ0v) is 16.0. The van der Waals surface area contributed by atoms with Crippen LogP contribution >= 0.6 is 0 Å². The number of halogens is 4. The van der Waals surface area contributed by atoms with Gasteiger partial charge in [0.15, 0.2) is 5.82 Å². The van der Waals surface area contributed by atoms with Crippen LogP contribution in [0.15, 0.2) is 55.1 Å². The molecule has 1 amide bonds. The zero-order chi connectivity index (χ0) is 22.6. The Bertz CT molecular complexity index is 1560. The quantitative estimate of drug-likeness (QED) is 0.337. The highest BCUT2D eigenvalue weighted by molar-refractivity contribution is 6.06. The van der Waals surface area contributed by atoms with Crippen molar-refractivity contribution in [1.29, 1.82) is 0 Å². The van der Waals surface area contributed by atoms with E-state index < -0.39 is 29.3 Å². The van der Waals surface area contributed by atoms with Gasteiger partial charge >= 0.3 is 0 Å². The Morgan fingerprint density at radius 3 is 2.41 bits per heavy atom. The van der Waals surface area contributed by atoms with Crippen LogP contribution in [0.1, 0.15) is 10.4 Å². The number of hydrogen-bond donors (Lipinski definition) is 1. The summed E-state index contributed by atoms with van der Waals surface area (Å²) < 4.78 is 58.4. The maximum Gasteiger partial charge on any atom is 0.250 e. The number of carbonyl (C=O) groups excluding carboxylic acids is 1. The number of aromatic nitrogens is 4. The smallest absolute Gasteiger partial charge is 0.250 e. The van der Waals surface area contributed by atoms with Gasteiger partial charge in [-0.2, -0.15) is 4.39 Å². The van der Waals surface area contributed by atoms with Gasteiger partial charge in [0.25, 0.3) is 5.91 Å². The molecule has 0 fully saturated rings. The first-order valence-electron chi connectivity index (χ1n) is 9.21. The number of pyridine rings is 2. The van der Waals surface area contributed by atoms with Crippen molar-refractivity contribution in [3.05, 3.63) is 84.1 Å². The minimum Gasteiger partial charge on any atom is -0.366 e. The summed E-state index contributed by atoms with van der Waals surface area (Å²) in [5, 5.41) is -0.112. The maximum atomic E-state index is 14.7. The first-order valence-corrected chi connectivity index (χ1v) is 9.21. The number of amides is 1. The van der Waals surface area contributed by atoms with Crippen molar-refractivity contribution < 1.29 is 22.4 Å². The second-order valence-corrected chi connectivity index (χ2v) is 6.92. The van der Waals surface area contributed by atoms with E-state index in [1.54, 1.807) is 0 Å². The van der Waals surface area contributed by atoms with E-state index in [0.717, 1.165) is 18.3 Å². The summed E-state index contributed by atoms with van der Waals surface area (Å²) in [7, 11) is 0. The van der Waals surface area contributed by atoms with Gasteiger partial charge in [0.1, 0.15) is 29.0 Å². The molecule has 0 spiro atoms. The van der Waals surface area contributed by atoms with Gasteiger partial charge in [-0.1, -0.05) is 0 Å². The monoisotopic (exact) mass is 437 g/mol. The minimum absolute atomic E-state index is 0.0575. The molecule has 2 aromatic carbocycles. The zero-order valence-electron chi connectivity index (χ0n) is 16.0. The molecular weight excluding hydrogens is 426 g/mol. The largest absolute Gasteiger partial charge is 0.366 e. The van der Waals surface area contributed by atoms with E-state index in [-0.39, 0.29) is 44.3 Å². The van der Waals surface area contributed by atoms with Gasteiger partial charge in [-0.15, -0.1) is 0 Å². The second-order valence-electron chi connectivity index (χ2n) is 6.92. The lowest BCUT2D eigenvalue weighted by Crippen LogP contribution is -2.12. The molecule has 2 N–H and O–H groups in total. The Kier molecular flexibility index (Phi) is 4.36. The molecule has 0 bridgehead atoms. The summed E-state index contributed by atoms with van der Waals surface area (Å²) in [6.07, 6.45) is 3.67. The van der Waals surface area contributed by atoms with E-state index in [2.05, 4.69) is 15.0 Å². The SMILES string of the molecule is NC(=O)c1cc(-c2ccnc(F)c2F)cc2c1ncn2-c1ccnc2c(F)ccc(F)c12. The molecule has 32 heavy (non-hydrogen) atoms. The number of nitrogens with zero attached hydrogens (tertiary/aromatic N) is 4. The molecule has 0 saturated carbocycles. The molecule has 0 aliphatic carbocycles. The molecule has 5 rings (SSSR count).